The van der Waals surface area contributed by atoms with Gasteiger partial charge in [-0.2, -0.15) is 0 Å². The molecule has 0 N–H and O–H groups in total. The maximum Gasteiger partial charge on any atom is 0.310 e. The van der Waals surface area contributed by atoms with Crippen molar-refractivity contribution in [3.63, 3.8) is 0 Å². The molecule has 0 aromatic carbocycles. The van der Waals surface area contributed by atoms with Gasteiger partial charge in [-0.25, -0.2) is 0 Å². The van der Waals surface area contributed by atoms with Gasteiger partial charge in [-0.3, -0.25) is 9.69 Å². The Balaban J connectivity index is 0.00000208. The molecule has 3 rings (SSSR count). The van der Waals surface area contributed by atoms with Gasteiger partial charge in [0, 0.05) is 12.6 Å². The molecule has 1 saturated heterocycles. The molecule has 0 bridgehead atoms. The Hall–Kier alpha value is -0.800. The average Bonchev–Trinajstić information content (AvgIpc) is 3.21. The highest BCUT2D eigenvalue weighted by Gasteiger charge is 2.35. The number of ether oxygens (including phenoxy) is 1. The number of hydrogen-bond donors (Lipinski definition) is 0. The van der Waals surface area contributed by atoms with Crippen LogP contribution in [0.2, 0.25) is 0 Å². The molecule has 4 unspecified atom stereocenters. The number of esters is 1. The fraction of sp³-hybridized carbons (Fsp3) is 0.750. The topological polar surface area (TPSA) is 29.5 Å². The van der Waals surface area contributed by atoms with Gasteiger partial charge in [-0.1, -0.05) is 24.3 Å². The van der Waals surface area contributed by atoms with E-state index >= 15 is 0 Å². The van der Waals surface area contributed by atoms with Crippen molar-refractivity contribution in [1.82, 2.24) is 4.90 Å². The van der Waals surface area contributed by atoms with E-state index in [1.54, 1.807) is 0 Å². The molecule has 3 aliphatic rings. The highest BCUT2D eigenvalue weighted by molar-refractivity contribution is 5.85. The maximum absolute atomic E-state index is 12.8. The van der Waals surface area contributed by atoms with E-state index in [2.05, 4.69) is 36.1 Å². The first-order chi connectivity index (χ1) is 11.3. The number of carbonyl (C=O) groups is 1. The fourth-order valence-corrected chi connectivity index (χ4v) is 4.44. The Morgan fingerprint density at radius 1 is 1.12 bits per heavy atom. The lowest BCUT2D eigenvalue weighted by atomic mass is 9.77. The fourth-order valence-electron chi connectivity index (χ4n) is 4.44. The minimum absolute atomic E-state index is 0. The minimum Gasteiger partial charge on any atom is -0.464 e. The van der Waals surface area contributed by atoms with Crippen molar-refractivity contribution >= 4 is 18.4 Å². The van der Waals surface area contributed by atoms with Gasteiger partial charge < -0.3 is 4.74 Å². The van der Waals surface area contributed by atoms with E-state index in [0.717, 1.165) is 38.8 Å². The standard InChI is InChI=1S/C20H31NO2.ClH/c1-16-8-7-13-21(16)14-15-23-20(22)19(18-11-5-6-12-18)17-9-3-2-4-10-17;/h3,5,9,11,16-19H,2,4,6-8,10,12-15H2,1H3;1H. The molecule has 1 fully saturated rings. The molecule has 4 atom stereocenters. The average molecular weight is 354 g/mol. The third kappa shape index (κ3) is 4.86. The SMILES string of the molecule is CC1CCCN1CCOC(=O)C(C1C=CCC1)C1C=CCCC1.Cl. The van der Waals surface area contributed by atoms with Crippen molar-refractivity contribution in [2.75, 3.05) is 19.7 Å². The molecule has 3 nitrogen and oxygen atoms in total. The van der Waals surface area contributed by atoms with Crippen LogP contribution in [0.15, 0.2) is 24.3 Å². The first-order valence-corrected chi connectivity index (χ1v) is 9.49. The molecular weight excluding hydrogens is 322 g/mol. The molecule has 0 spiro atoms. The van der Waals surface area contributed by atoms with Crippen LogP contribution in [-0.2, 0) is 9.53 Å². The van der Waals surface area contributed by atoms with Crippen molar-refractivity contribution in [3.05, 3.63) is 24.3 Å². The van der Waals surface area contributed by atoms with Crippen molar-refractivity contribution in [3.8, 4) is 0 Å². The summed E-state index contributed by atoms with van der Waals surface area (Å²) in [5.74, 6) is 0.807. The normalized spacial score (nSPS) is 31.0. The summed E-state index contributed by atoms with van der Waals surface area (Å²) < 4.78 is 5.73. The van der Waals surface area contributed by atoms with E-state index in [1.807, 2.05) is 0 Å². The molecule has 24 heavy (non-hydrogen) atoms. The highest BCUT2D eigenvalue weighted by atomic mass is 35.5. The van der Waals surface area contributed by atoms with E-state index < -0.39 is 0 Å². The predicted molar refractivity (Wildman–Crippen MR) is 100 cm³/mol. The second-order valence-corrected chi connectivity index (χ2v) is 7.41. The summed E-state index contributed by atoms with van der Waals surface area (Å²) in [5, 5.41) is 0. The summed E-state index contributed by atoms with van der Waals surface area (Å²) in [6.07, 6.45) is 17.2. The van der Waals surface area contributed by atoms with Crippen molar-refractivity contribution in [2.24, 2.45) is 17.8 Å². The van der Waals surface area contributed by atoms with E-state index in [-0.39, 0.29) is 24.3 Å². The summed E-state index contributed by atoms with van der Waals surface area (Å²) in [6.45, 7) is 4.86. The Kier molecular flexibility index (Phi) is 7.83. The van der Waals surface area contributed by atoms with Gasteiger partial charge in [0.05, 0.1) is 5.92 Å². The molecule has 0 aromatic heterocycles. The molecule has 0 saturated carbocycles. The van der Waals surface area contributed by atoms with Crippen LogP contribution >= 0.6 is 12.4 Å². The van der Waals surface area contributed by atoms with Crippen LogP contribution < -0.4 is 0 Å². The van der Waals surface area contributed by atoms with Crippen molar-refractivity contribution in [1.29, 1.82) is 0 Å². The summed E-state index contributed by atoms with van der Waals surface area (Å²) in [5.41, 5.74) is 0. The van der Waals surface area contributed by atoms with Gasteiger partial charge in [-0.15, -0.1) is 12.4 Å². The molecule has 2 aliphatic carbocycles. The molecule has 0 radical (unpaired) electrons. The second-order valence-electron chi connectivity index (χ2n) is 7.41. The van der Waals surface area contributed by atoms with Crippen LogP contribution in [0.3, 0.4) is 0 Å². The first kappa shape index (κ1) is 19.5. The predicted octanol–water partition coefficient (Wildman–Crippen LogP) is 4.37. The van der Waals surface area contributed by atoms with Gasteiger partial charge in [0.2, 0.25) is 0 Å². The van der Waals surface area contributed by atoms with Crippen LogP contribution in [-0.4, -0.2) is 36.6 Å². The van der Waals surface area contributed by atoms with Crippen LogP contribution in [0.1, 0.15) is 51.9 Å². The second kappa shape index (κ2) is 9.62. The van der Waals surface area contributed by atoms with Crippen LogP contribution in [0.4, 0.5) is 0 Å². The van der Waals surface area contributed by atoms with Gasteiger partial charge in [-0.05, 0) is 70.3 Å². The summed E-state index contributed by atoms with van der Waals surface area (Å²) in [6, 6.07) is 0.642. The zero-order valence-electron chi connectivity index (χ0n) is 14.9. The minimum atomic E-state index is 0. The van der Waals surface area contributed by atoms with Gasteiger partial charge >= 0.3 is 5.97 Å². The van der Waals surface area contributed by atoms with Gasteiger partial charge in [0.1, 0.15) is 6.61 Å². The third-order valence-corrected chi connectivity index (χ3v) is 5.85. The van der Waals surface area contributed by atoms with Gasteiger partial charge in [0.25, 0.3) is 0 Å². The number of hydrogen-bond acceptors (Lipinski definition) is 3. The number of nitrogens with zero attached hydrogens (tertiary/aromatic N) is 1. The van der Waals surface area contributed by atoms with E-state index in [0.29, 0.717) is 24.5 Å². The molecular formula is C20H32ClNO2. The van der Waals surface area contributed by atoms with Crippen molar-refractivity contribution in [2.45, 2.75) is 57.9 Å². The van der Waals surface area contributed by atoms with Gasteiger partial charge in [0.15, 0.2) is 0 Å². The summed E-state index contributed by atoms with van der Waals surface area (Å²) in [7, 11) is 0. The zero-order chi connectivity index (χ0) is 16.1. The maximum atomic E-state index is 12.8. The molecule has 1 aliphatic heterocycles. The first-order valence-electron chi connectivity index (χ1n) is 9.49. The Morgan fingerprint density at radius 3 is 2.50 bits per heavy atom. The number of allylic oxidation sites excluding steroid dienone is 4. The summed E-state index contributed by atoms with van der Waals surface area (Å²) >= 11 is 0. The highest BCUT2D eigenvalue weighted by Crippen LogP contribution is 2.36. The van der Waals surface area contributed by atoms with Crippen LogP contribution in [0.25, 0.3) is 0 Å². The number of carbonyl (C=O) groups excluding carboxylic acids is 1. The lowest BCUT2D eigenvalue weighted by Gasteiger charge is -2.29. The van der Waals surface area contributed by atoms with Crippen LogP contribution in [0, 0.1) is 17.8 Å². The Bertz CT molecular complexity index is 463. The Morgan fingerprint density at radius 2 is 1.88 bits per heavy atom. The van der Waals surface area contributed by atoms with E-state index in [1.165, 1.54) is 19.3 Å². The molecule has 0 aromatic rings. The lowest BCUT2D eigenvalue weighted by Crippen LogP contribution is -2.35. The molecule has 0 amide bonds. The number of likely N-dealkylation sites (tertiary alicyclic amines) is 1. The smallest absolute Gasteiger partial charge is 0.310 e. The van der Waals surface area contributed by atoms with Crippen molar-refractivity contribution < 1.29 is 9.53 Å². The zero-order valence-corrected chi connectivity index (χ0v) is 15.7. The summed E-state index contributed by atoms with van der Waals surface area (Å²) in [4.78, 5) is 15.2. The number of rotatable bonds is 6. The lowest BCUT2D eigenvalue weighted by molar-refractivity contribution is -0.152. The molecule has 4 heteroatoms. The molecule has 136 valence electrons. The van der Waals surface area contributed by atoms with E-state index in [9.17, 15) is 4.79 Å². The van der Waals surface area contributed by atoms with E-state index in [4.69, 9.17) is 4.74 Å². The molecule has 1 heterocycles. The largest absolute Gasteiger partial charge is 0.464 e. The Labute approximate surface area is 152 Å². The quantitative estimate of drug-likeness (QED) is 0.524. The van der Waals surface area contributed by atoms with Crippen LogP contribution in [0.5, 0.6) is 0 Å². The third-order valence-electron chi connectivity index (χ3n) is 5.85. The monoisotopic (exact) mass is 353 g/mol. The number of halogens is 1.